The lowest BCUT2D eigenvalue weighted by Crippen LogP contribution is -2.26. The van der Waals surface area contributed by atoms with Gasteiger partial charge in [-0.2, -0.15) is 0 Å². The molecule has 1 aromatic carbocycles. The van der Waals surface area contributed by atoms with Crippen LogP contribution in [-0.4, -0.2) is 24.0 Å². The number of amides is 1. The van der Waals surface area contributed by atoms with E-state index in [1.54, 1.807) is 12.3 Å². The Morgan fingerprint density at radius 3 is 2.39 bits per heavy atom. The largest absolute Gasteiger partial charge is 0.357 e. The molecule has 0 unspecified atom stereocenters. The van der Waals surface area contributed by atoms with Crippen molar-refractivity contribution in [1.29, 1.82) is 0 Å². The summed E-state index contributed by atoms with van der Waals surface area (Å²) < 4.78 is 0.983. The maximum atomic E-state index is 12.4. The summed E-state index contributed by atoms with van der Waals surface area (Å²) >= 11 is 3.38. The highest BCUT2D eigenvalue weighted by atomic mass is 79.9. The second kappa shape index (κ2) is 8.67. The van der Waals surface area contributed by atoms with Gasteiger partial charge >= 0.3 is 0 Å². The van der Waals surface area contributed by atoms with E-state index in [9.17, 15) is 4.79 Å². The monoisotopic (exact) mass is 375 g/mol. The molecule has 0 bridgehead atoms. The number of hydrogen-bond donors (Lipinski definition) is 1. The molecule has 5 heteroatoms. The average molecular weight is 376 g/mol. The van der Waals surface area contributed by atoms with Gasteiger partial charge in [0.05, 0.1) is 0 Å². The van der Waals surface area contributed by atoms with Gasteiger partial charge in [0.15, 0.2) is 0 Å². The summed E-state index contributed by atoms with van der Waals surface area (Å²) in [5.41, 5.74) is 1.39. The second-order valence-electron chi connectivity index (χ2n) is 5.35. The van der Waals surface area contributed by atoms with Crippen molar-refractivity contribution in [1.82, 2.24) is 4.98 Å². The van der Waals surface area contributed by atoms with Crippen LogP contribution in [0, 0.1) is 0 Å². The summed E-state index contributed by atoms with van der Waals surface area (Å²) in [7, 11) is 0. The van der Waals surface area contributed by atoms with E-state index >= 15 is 0 Å². The molecule has 0 spiro atoms. The number of rotatable bonds is 7. The zero-order chi connectivity index (χ0) is 16.7. The first-order chi connectivity index (χ1) is 11.1. The third-order valence-electron chi connectivity index (χ3n) is 3.42. The molecule has 0 aliphatic heterocycles. The fraction of sp³-hybridized carbons (Fsp3) is 0.333. The predicted molar refractivity (Wildman–Crippen MR) is 99.1 cm³/mol. The van der Waals surface area contributed by atoms with Gasteiger partial charge in [-0.1, -0.05) is 29.8 Å². The summed E-state index contributed by atoms with van der Waals surface area (Å²) in [6.45, 7) is 6.18. The maximum Gasteiger partial charge on any atom is 0.255 e. The van der Waals surface area contributed by atoms with Crippen molar-refractivity contribution in [2.45, 2.75) is 26.7 Å². The Balaban J connectivity index is 2.14. The van der Waals surface area contributed by atoms with E-state index in [0.29, 0.717) is 5.56 Å². The SMILES string of the molecule is CCCN(CCC)c1cc(C(=O)Nc2ccc(Br)cc2)ccn1. The van der Waals surface area contributed by atoms with Gasteiger partial charge in [-0.15, -0.1) is 0 Å². The maximum absolute atomic E-state index is 12.4. The van der Waals surface area contributed by atoms with E-state index in [2.05, 4.69) is 45.0 Å². The van der Waals surface area contributed by atoms with Crippen molar-refractivity contribution in [2.24, 2.45) is 0 Å². The molecule has 2 rings (SSSR count). The van der Waals surface area contributed by atoms with Crippen molar-refractivity contribution in [3.63, 3.8) is 0 Å². The highest BCUT2D eigenvalue weighted by Crippen LogP contribution is 2.17. The third-order valence-corrected chi connectivity index (χ3v) is 3.95. The van der Waals surface area contributed by atoms with E-state index < -0.39 is 0 Å². The van der Waals surface area contributed by atoms with Crippen LogP contribution >= 0.6 is 15.9 Å². The summed E-state index contributed by atoms with van der Waals surface area (Å²) in [5.74, 6) is 0.737. The van der Waals surface area contributed by atoms with Crippen molar-refractivity contribution in [2.75, 3.05) is 23.3 Å². The fourth-order valence-corrected chi connectivity index (χ4v) is 2.61. The van der Waals surface area contributed by atoms with Crippen LogP contribution < -0.4 is 10.2 Å². The normalized spacial score (nSPS) is 10.4. The first-order valence-electron chi connectivity index (χ1n) is 7.92. The standard InChI is InChI=1S/C18H22BrN3O/c1-3-11-22(12-4-2)17-13-14(9-10-20-17)18(23)21-16-7-5-15(19)6-8-16/h5-10,13H,3-4,11-12H2,1-2H3,(H,21,23). The lowest BCUT2D eigenvalue weighted by atomic mass is 10.2. The van der Waals surface area contributed by atoms with Crippen molar-refractivity contribution < 1.29 is 4.79 Å². The molecular formula is C18H22BrN3O. The quantitative estimate of drug-likeness (QED) is 0.760. The van der Waals surface area contributed by atoms with Crippen molar-refractivity contribution in [3.05, 3.63) is 52.6 Å². The minimum atomic E-state index is -0.121. The Bertz CT molecular complexity index is 637. The molecular weight excluding hydrogens is 354 g/mol. The van der Waals surface area contributed by atoms with Crippen molar-refractivity contribution >= 4 is 33.3 Å². The molecule has 1 aromatic heterocycles. The molecule has 0 atom stereocenters. The van der Waals surface area contributed by atoms with E-state index in [4.69, 9.17) is 0 Å². The van der Waals surface area contributed by atoms with E-state index in [1.807, 2.05) is 30.3 Å². The number of nitrogens with zero attached hydrogens (tertiary/aromatic N) is 2. The van der Waals surface area contributed by atoms with E-state index in [-0.39, 0.29) is 5.91 Å². The first kappa shape index (κ1) is 17.5. The highest BCUT2D eigenvalue weighted by molar-refractivity contribution is 9.10. The number of carbonyl (C=O) groups is 1. The molecule has 0 saturated carbocycles. The van der Waals surface area contributed by atoms with Gasteiger partial charge in [-0.25, -0.2) is 4.98 Å². The Hall–Kier alpha value is -1.88. The van der Waals surface area contributed by atoms with Gasteiger partial charge < -0.3 is 10.2 Å². The average Bonchev–Trinajstić information content (AvgIpc) is 2.57. The summed E-state index contributed by atoms with van der Waals surface area (Å²) in [6.07, 6.45) is 3.80. The number of hydrogen-bond acceptors (Lipinski definition) is 3. The molecule has 2 aromatic rings. The minimum Gasteiger partial charge on any atom is -0.357 e. The summed E-state index contributed by atoms with van der Waals surface area (Å²) in [6, 6.07) is 11.1. The molecule has 0 aliphatic carbocycles. The molecule has 1 amide bonds. The minimum absolute atomic E-state index is 0.121. The molecule has 1 N–H and O–H groups in total. The van der Waals surface area contributed by atoms with Gasteiger partial charge in [-0.05, 0) is 49.2 Å². The first-order valence-corrected chi connectivity index (χ1v) is 8.71. The second-order valence-corrected chi connectivity index (χ2v) is 6.27. The predicted octanol–water partition coefficient (Wildman–Crippen LogP) is 4.72. The molecule has 0 fully saturated rings. The number of benzene rings is 1. The van der Waals surface area contributed by atoms with E-state index in [0.717, 1.165) is 41.9 Å². The molecule has 0 saturated heterocycles. The van der Waals surface area contributed by atoms with Gasteiger partial charge in [0.1, 0.15) is 5.82 Å². The third kappa shape index (κ3) is 5.06. The fourth-order valence-electron chi connectivity index (χ4n) is 2.35. The van der Waals surface area contributed by atoms with Gasteiger partial charge in [-0.3, -0.25) is 4.79 Å². The highest BCUT2D eigenvalue weighted by Gasteiger charge is 2.11. The summed E-state index contributed by atoms with van der Waals surface area (Å²) in [4.78, 5) is 19.1. The van der Waals surface area contributed by atoms with Crippen LogP contribution in [0.4, 0.5) is 11.5 Å². The molecule has 4 nitrogen and oxygen atoms in total. The number of aromatic nitrogens is 1. The number of anilines is 2. The Kier molecular flexibility index (Phi) is 6.59. The Labute approximate surface area is 146 Å². The zero-order valence-electron chi connectivity index (χ0n) is 13.6. The van der Waals surface area contributed by atoms with Crippen LogP contribution in [0.25, 0.3) is 0 Å². The van der Waals surface area contributed by atoms with Crippen LogP contribution in [0.5, 0.6) is 0 Å². The zero-order valence-corrected chi connectivity index (χ0v) is 15.1. The van der Waals surface area contributed by atoms with Crippen LogP contribution in [0.15, 0.2) is 47.1 Å². The Morgan fingerprint density at radius 1 is 1.13 bits per heavy atom. The summed E-state index contributed by atoms with van der Waals surface area (Å²) in [5, 5.41) is 2.91. The number of pyridine rings is 1. The van der Waals surface area contributed by atoms with Gasteiger partial charge in [0, 0.05) is 35.0 Å². The molecule has 1 heterocycles. The van der Waals surface area contributed by atoms with Crippen LogP contribution in [-0.2, 0) is 0 Å². The molecule has 0 aliphatic rings. The molecule has 0 radical (unpaired) electrons. The molecule has 23 heavy (non-hydrogen) atoms. The van der Waals surface area contributed by atoms with E-state index in [1.165, 1.54) is 0 Å². The van der Waals surface area contributed by atoms with Gasteiger partial charge in [0.25, 0.3) is 5.91 Å². The van der Waals surface area contributed by atoms with Gasteiger partial charge in [0.2, 0.25) is 0 Å². The topological polar surface area (TPSA) is 45.2 Å². The van der Waals surface area contributed by atoms with Crippen molar-refractivity contribution in [3.8, 4) is 0 Å². The number of halogens is 1. The van der Waals surface area contributed by atoms with Crippen LogP contribution in [0.2, 0.25) is 0 Å². The number of carbonyl (C=O) groups excluding carboxylic acids is 1. The van der Waals surface area contributed by atoms with Crippen LogP contribution in [0.1, 0.15) is 37.0 Å². The smallest absolute Gasteiger partial charge is 0.255 e. The number of nitrogens with one attached hydrogen (secondary N) is 1. The lowest BCUT2D eigenvalue weighted by molar-refractivity contribution is 0.102. The van der Waals surface area contributed by atoms with Crippen LogP contribution in [0.3, 0.4) is 0 Å². The lowest BCUT2D eigenvalue weighted by Gasteiger charge is -2.22. The Morgan fingerprint density at radius 2 is 1.78 bits per heavy atom. The molecule has 122 valence electrons.